The van der Waals surface area contributed by atoms with Crippen LogP contribution in [0, 0.1) is 6.92 Å². The van der Waals surface area contributed by atoms with Gasteiger partial charge in [-0.25, -0.2) is 17.9 Å². The fourth-order valence-corrected chi connectivity index (χ4v) is 4.87. The molecule has 2 aliphatic rings. The van der Waals surface area contributed by atoms with Crippen LogP contribution in [0.4, 0.5) is 4.79 Å². The summed E-state index contributed by atoms with van der Waals surface area (Å²) in [6.07, 6.45) is -10.9. The first-order chi connectivity index (χ1) is 19.3. The van der Waals surface area contributed by atoms with E-state index in [0.29, 0.717) is 6.54 Å². The molecule has 0 saturated carbocycles. The first-order valence-corrected chi connectivity index (χ1v) is 14.4. The molecular formula is C24H40N2O14S. The molecule has 1 aromatic carbocycles. The monoisotopic (exact) mass is 612 g/mol. The van der Waals surface area contributed by atoms with Crippen LogP contribution in [0.2, 0.25) is 0 Å². The summed E-state index contributed by atoms with van der Waals surface area (Å²) >= 11 is 0. The van der Waals surface area contributed by atoms with Crippen LogP contribution >= 0.6 is 0 Å². The van der Waals surface area contributed by atoms with Crippen LogP contribution in [0.3, 0.4) is 0 Å². The number of aryl methyl sites for hydroxylation is 1. The van der Waals surface area contributed by atoms with E-state index in [0.717, 1.165) is 18.4 Å². The molecule has 2 fully saturated rings. The van der Waals surface area contributed by atoms with Gasteiger partial charge in [0, 0.05) is 6.54 Å². The van der Waals surface area contributed by atoms with Crippen LogP contribution in [-0.4, -0.2) is 136 Å². The van der Waals surface area contributed by atoms with Crippen molar-refractivity contribution in [2.45, 2.75) is 86.4 Å². The molecule has 2 amide bonds. The van der Waals surface area contributed by atoms with Gasteiger partial charge in [0.25, 0.3) is 10.0 Å². The number of sulfonamides is 1. The second kappa shape index (κ2) is 15.5. The van der Waals surface area contributed by atoms with Gasteiger partial charge in [0.2, 0.25) is 5.79 Å². The summed E-state index contributed by atoms with van der Waals surface area (Å²) < 4.78 is 41.0. The third-order valence-corrected chi connectivity index (χ3v) is 7.79. The Hall–Kier alpha value is -2.00. The van der Waals surface area contributed by atoms with Crippen LogP contribution in [0.15, 0.2) is 29.2 Å². The van der Waals surface area contributed by atoms with Gasteiger partial charge in [0.1, 0.15) is 49.3 Å². The van der Waals surface area contributed by atoms with Crippen molar-refractivity contribution in [1.29, 1.82) is 0 Å². The van der Waals surface area contributed by atoms with Gasteiger partial charge < -0.3 is 60.4 Å². The number of amides is 2. The van der Waals surface area contributed by atoms with Gasteiger partial charge in [-0.1, -0.05) is 31.0 Å². The van der Waals surface area contributed by atoms with Crippen LogP contribution in [0.5, 0.6) is 0 Å². The van der Waals surface area contributed by atoms with E-state index in [2.05, 4.69) is 5.32 Å². The number of nitrogens with one attached hydrogen (secondary N) is 2. The second-order valence-corrected chi connectivity index (χ2v) is 11.3. The molecule has 17 heteroatoms. The highest BCUT2D eigenvalue weighted by Crippen LogP contribution is 2.35. The van der Waals surface area contributed by atoms with Crippen LogP contribution in [0.1, 0.15) is 25.3 Å². The summed E-state index contributed by atoms with van der Waals surface area (Å²) in [4.78, 5) is 11.5. The van der Waals surface area contributed by atoms with E-state index in [1.165, 1.54) is 12.1 Å². The molecule has 0 unspecified atom stereocenters. The molecule has 0 aromatic heterocycles. The van der Waals surface area contributed by atoms with E-state index in [9.17, 15) is 43.9 Å². The molecule has 2 heterocycles. The van der Waals surface area contributed by atoms with Crippen LogP contribution < -0.4 is 10.0 Å². The Balaban J connectivity index is 0.000000296. The number of benzene rings is 1. The molecule has 1 aromatic rings. The van der Waals surface area contributed by atoms with Crippen molar-refractivity contribution in [3.05, 3.63) is 29.8 Å². The number of aliphatic hydroxyl groups excluding tert-OH is 8. The van der Waals surface area contributed by atoms with Crippen LogP contribution in [0.25, 0.3) is 0 Å². The normalized spacial score (nSPS) is 33.5. The molecule has 9 atom stereocenters. The molecule has 0 aliphatic carbocycles. The van der Waals surface area contributed by atoms with E-state index in [1.807, 2.05) is 18.6 Å². The molecule has 2 saturated heterocycles. The maximum absolute atomic E-state index is 11.8. The molecule has 0 spiro atoms. The first kappa shape index (κ1) is 35.2. The smallest absolute Gasteiger partial charge is 0.328 e. The summed E-state index contributed by atoms with van der Waals surface area (Å²) in [5, 5.41) is 79.2. The lowest BCUT2D eigenvalue weighted by Crippen LogP contribution is -2.62. The number of rotatable bonds is 10. The van der Waals surface area contributed by atoms with Crippen molar-refractivity contribution >= 4 is 16.1 Å². The SMILES string of the molecule is CCCCNC(=O)NS(=O)(=O)c1ccc(C)cc1.OC[C@H]1O[C@@](CO)(O[C@H]2O[C@H](CO)[C@@H](O)[C@H](O)[C@H]2O)[C@@H](O)[C@@H]1O. The molecule has 16 nitrogen and oxygen atoms in total. The summed E-state index contributed by atoms with van der Waals surface area (Å²) in [5.74, 6) is -2.22. The lowest BCUT2D eigenvalue weighted by Gasteiger charge is -2.43. The van der Waals surface area contributed by atoms with Gasteiger partial charge in [-0.3, -0.25) is 0 Å². The third kappa shape index (κ3) is 8.76. The minimum atomic E-state index is -3.78. The topological polar surface area (TPSA) is 265 Å². The van der Waals surface area contributed by atoms with Crippen molar-refractivity contribution < 1.29 is 68.3 Å². The molecule has 10 N–H and O–H groups in total. The minimum Gasteiger partial charge on any atom is -0.394 e. The molecule has 0 bridgehead atoms. The number of carbonyl (C=O) groups excluding carboxylic acids is 1. The minimum absolute atomic E-state index is 0.0822. The molecule has 236 valence electrons. The second-order valence-electron chi connectivity index (χ2n) is 9.59. The highest BCUT2D eigenvalue weighted by Gasteiger charge is 2.58. The quantitative estimate of drug-likeness (QED) is 0.114. The largest absolute Gasteiger partial charge is 0.394 e. The predicted molar refractivity (Wildman–Crippen MR) is 138 cm³/mol. The number of carbonyl (C=O) groups is 1. The molecule has 2 aliphatic heterocycles. The zero-order chi connectivity index (χ0) is 31.0. The number of urea groups is 1. The fourth-order valence-electron chi connectivity index (χ4n) is 3.94. The molecule has 41 heavy (non-hydrogen) atoms. The van der Waals surface area contributed by atoms with E-state index < -0.39 is 90.7 Å². The molecule has 0 radical (unpaired) electrons. The lowest BCUT2D eigenvalue weighted by atomic mass is 9.99. The van der Waals surface area contributed by atoms with Crippen molar-refractivity contribution in [3.8, 4) is 0 Å². The Morgan fingerprint density at radius 3 is 2.07 bits per heavy atom. The first-order valence-electron chi connectivity index (χ1n) is 12.9. The summed E-state index contributed by atoms with van der Waals surface area (Å²) in [7, 11) is -3.78. The van der Waals surface area contributed by atoms with E-state index in [4.69, 9.17) is 24.4 Å². The number of hydrogen-bond donors (Lipinski definition) is 10. The van der Waals surface area contributed by atoms with Gasteiger partial charge in [0.05, 0.1) is 18.1 Å². The van der Waals surface area contributed by atoms with Crippen LogP contribution in [-0.2, 0) is 24.2 Å². The van der Waals surface area contributed by atoms with Crippen molar-refractivity contribution in [1.82, 2.24) is 10.0 Å². The number of ether oxygens (including phenoxy) is 3. The number of unbranched alkanes of at least 4 members (excludes halogenated alkanes) is 1. The van der Waals surface area contributed by atoms with Gasteiger partial charge >= 0.3 is 6.03 Å². The Bertz CT molecular complexity index is 1060. The van der Waals surface area contributed by atoms with E-state index in [1.54, 1.807) is 12.1 Å². The van der Waals surface area contributed by atoms with E-state index in [-0.39, 0.29) is 4.90 Å². The van der Waals surface area contributed by atoms with Gasteiger partial charge in [-0.05, 0) is 25.5 Å². The third-order valence-electron chi connectivity index (χ3n) is 6.44. The predicted octanol–water partition coefficient (Wildman–Crippen LogP) is -3.61. The zero-order valence-electron chi connectivity index (χ0n) is 22.6. The summed E-state index contributed by atoms with van der Waals surface area (Å²) in [5.41, 5.74) is 0.960. The van der Waals surface area contributed by atoms with Gasteiger partial charge in [0.15, 0.2) is 6.29 Å². The Morgan fingerprint density at radius 1 is 0.951 bits per heavy atom. The Kier molecular flexibility index (Phi) is 13.3. The van der Waals surface area contributed by atoms with E-state index >= 15 is 0 Å². The standard InChI is InChI=1S/C12H18N2O3S.C12H22O11/c1-3-4-9-13-12(15)14-18(16,17)11-7-5-10(2)6-8-11;13-1-4-6(16)8(18)9(19)11(21-4)23-12(3-15)10(20)7(17)5(2-14)22-12/h5-8H,3-4,9H2,1-2H3,(H2,13,14,15);4-11,13-20H,1-3H2/t;4-,5-,6-,7-,8+,9-,10+,11-,12+/m.1/s1. The Morgan fingerprint density at radius 2 is 1.56 bits per heavy atom. The summed E-state index contributed by atoms with van der Waals surface area (Å²) in [6.45, 7) is 1.99. The average Bonchev–Trinajstić information content (AvgIpc) is 3.18. The maximum atomic E-state index is 11.8. The fraction of sp³-hybridized carbons (Fsp3) is 0.708. The Labute approximate surface area is 237 Å². The van der Waals surface area contributed by atoms with Gasteiger partial charge in [-0.2, -0.15) is 0 Å². The summed E-state index contributed by atoms with van der Waals surface area (Å²) in [6, 6.07) is 5.62. The molecule has 3 rings (SSSR count). The molecular weight excluding hydrogens is 572 g/mol. The maximum Gasteiger partial charge on any atom is 0.328 e. The van der Waals surface area contributed by atoms with Gasteiger partial charge in [-0.15, -0.1) is 0 Å². The lowest BCUT2D eigenvalue weighted by molar-refractivity contribution is -0.383. The zero-order valence-corrected chi connectivity index (χ0v) is 23.4. The van der Waals surface area contributed by atoms with Crippen molar-refractivity contribution in [3.63, 3.8) is 0 Å². The average molecular weight is 613 g/mol. The highest BCUT2D eigenvalue weighted by atomic mass is 32.2. The van der Waals surface area contributed by atoms with Crippen molar-refractivity contribution in [2.24, 2.45) is 0 Å². The number of hydrogen-bond acceptors (Lipinski definition) is 14. The van der Waals surface area contributed by atoms with Crippen molar-refractivity contribution in [2.75, 3.05) is 26.4 Å². The highest BCUT2D eigenvalue weighted by molar-refractivity contribution is 7.90. The number of aliphatic hydroxyl groups is 8.